The monoisotopic (exact) mass is 338 g/mol. The Balaban J connectivity index is 2.33. The van der Waals surface area contributed by atoms with Gasteiger partial charge in [-0.3, -0.25) is 0 Å². The van der Waals surface area contributed by atoms with Gasteiger partial charge < -0.3 is 0 Å². The molecule has 0 amide bonds. The molecular formula is C23H24F2. The quantitative estimate of drug-likeness (QED) is 0.557. The Labute approximate surface area is 148 Å². The van der Waals surface area contributed by atoms with Gasteiger partial charge in [0.1, 0.15) is 11.6 Å². The summed E-state index contributed by atoms with van der Waals surface area (Å²) in [5.41, 5.74) is 8.37. The maximum absolute atomic E-state index is 14.2. The molecule has 0 spiro atoms. The Kier molecular flexibility index (Phi) is 4.89. The zero-order valence-corrected chi connectivity index (χ0v) is 15.3. The van der Waals surface area contributed by atoms with Crippen LogP contribution in [0.3, 0.4) is 0 Å². The lowest BCUT2D eigenvalue weighted by molar-refractivity contribution is 0.612. The summed E-state index contributed by atoms with van der Waals surface area (Å²) in [7, 11) is 0. The van der Waals surface area contributed by atoms with E-state index in [-0.39, 0.29) is 11.6 Å². The van der Waals surface area contributed by atoms with Crippen molar-refractivity contribution in [3.05, 3.63) is 87.0 Å². The molecule has 1 aliphatic carbocycles. The van der Waals surface area contributed by atoms with E-state index in [1.807, 2.05) is 26.0 Å². The highest BCUT2D eigenvalue weighted by atomic mass is 19.1. The number of benzene rings is 2. The van der Waals surface area contributed by atoms with Gasteiger partial charge in [-0.15, -0.1) is 0 Å². The third-order valence-corrected chi connectivity index (χ3v) is 5.35. The highest BCUT2D eigenvalue weighted by molar-refractivity contribution is 5.87. The van der Waals surface area contributed by atoms with Gasteiger partial charge in [0.15, 0.2) is 0 Å². The first-order valence-electron chi connectivity index (χ1n) is 8.85. The minimum Gasteiger partial charge on any atom is -0.207 e. The van der Waals surface area contributed by atoms with E-state index in [9.17, 15) is 8.78 Å². The van der Waals surface area contributed by atoms with Gasteiger partial charge >= 0.3 is 0 Å². The van der Waals surface area contributed by atoms with Gasteiger partial charge in [-0.2, -0.15) is 0 Å². The lowest BCUT2D eigenvalue weighted by Crippen LogP contribution is -2.02. The molecule has 0 saturated heterocycles. The SMILES string of the molecule is CC=C(C)/C(C)=C(/c1ccc(F)cc1C)c1ccc(F)c2c1CCC2. The van der Waals surface area contributed by atoms with Gasteiger partial charge in [0.25, 0.3) is 0 Å². The van der Waals surface area contributed by atoms with Crippen molar-refractivity contribution in [2.24, 2.45) is 0 Å². The van der Waals surface area contributed by atoms with Crippen LogP contribution in [-0.4, -0.2) is 0 Å². The van der Waals surface area contributed by atoms with Crippen molar-refractivity contribution in [2.75, 3.05) is 0 Å². The smallest absolute Gasteiger partial charge is 0.126 e. The lowest BCUT2D eigenvalue weighted by atomic mass is 9.85. The van der Waals surface area contributed by atoms with Gasteiger partial charge in [0, 0.05) is 0 Å². The van der Waals surface area contributed by atoms with Gasteiger partial charge in [0.2, 0.25) is 0 Å². The van der Waals surface area contributed by atoms with Crippen LogP contribution in [0.1, 0.15) is 55.0 Å². The van der Waals surface area contributed by atoms with E-state index in [1.165, 1.54) is 11.6 Å². The summed E-state index contributed by atoms with van der Waals surface area (Å²) in [4.78, 5) is 0. The third kappa shape index (κ3) is 3.18. The van der Waals surface area contributed by atoms with E-state index in [4.69, 9.17) is 0 Å². The van der Waals surface area contributed by atoms with Crippen molar-refractivity contribution < 1.29 is 8.78 Å². The minimum absolute atomic E-state index is 0.105. The fourth-order valence-corrected chi connectivity index (χ4v) is 3.77. The Morgan fingerprint density at radius 3 is 2.32 bits per heavy atom. The molecule has 0 atom stereocenters. The number of hydrogen-bond donors (Lipinski definition) is 0. The zero-order valence-electron chi connectivity index (χ0n) is 15.3. The highest BCUT2D eigenvalue weighted by Gasteiger charge is 2.23. The Bertz CT molecular complexity index is 885. The molecule has 0 nitrogen and oxygen atoms in total. The molecule has 0 N–H and O–H groups in total. The van der Waals surface area contributed by atoms with Gasteiger partial charge in [-0.05, 0) is 104 Å². The number of fused-ring (bicyclic) bond motifs is 1. The molecule has 0 aliphatic heterocycles. The molecule has 2 heteroatoms. The Morgan fingerprint density at radius 1 is 0.960 bits per heavy atom. The second-order valence-corrected chi connectivity index (χ2v) is 6.84. The van der Waals surface area contributed by atoms with Crippen LogP contribution < -0.4 is 0 Å². The molecule has 3 rings (SSSR count). The third-order valence-electron chi connectivity index (χ3n) is 5.35. The van der Waals surface area contributed by atoms with Crippen LogP contribution in [0.2, 0.25) is 0 Å². The van der Waals surface area contributed by atoms with E-state index in [0.29, 0.717) is 0 Å². The first kappa shape index (κ1) is 17.6. The van der Waals surface area contributed by atoms with Gasteiger partial charge in [-0.25, -0.2) is 8.78 Å². The summed E-state index contributed by atoms with van der Waals surface area (Å²) in [6.45, 7) is 8.12. The van der Waals surface area contributed by atoms with Crippen molar-refractivity contribution in [3.63, 3.8) is 0 Å². The van der Waals surface area contributed by atoms with Crippen LogP contribution in [0.4, 0.5) is 8.78 Å². The fraction of sp³-hybridized carbons (Fsp3) is 0.304. The molecule has 0 heterocycles. The minimum atomic E-state index is -0.231. The van der Waals surface area contributed by atoms with Crippen molar-refractivity contribution in [3.8, 4) is 0 Å². The number of halogens is 2. The van der Waals surface area contributed by atoms with Crippen LogP contribution in [0.15, 0.2) is 47.6 Å². The maximum atomic E-state index is 14.2. The zero-order chi connectivity index (χ0) is 18.1. The lowest BCUT2D eigenvalue weighted by Gasteiger charge is -2.19. The molecule has 25 heavy (non-hydrogen) atoms. The average molecular weight is 338 g/mol. The van der Waals surface area contributed by atoms with E-state index >= 15 is 0 Å². The molecule has 0 bridgehead atoms. The Hall–Kier alpha value is -2.22. The first-order chi connectivity index (χ1) is 11.9. The molecular weight excluding hydrogens is 314 g/mol. The number of hydrogen-bond acceptors (Lipinski definition) is 0. The average Bonchev–Trinajstić information content (AvgIpc) is 3.08. The van der Waals surface area contributed by atoms with E-state index in [0.717, 1.165) is 58.2 Å². The summed E-state index contributed by atoms with van der Waals surface area (Å²) >= 11 is 0. The number of rotatable bonds is 3. The second-order valence-electron chi connectivity index (χ2n) is 6.84. The number of allylic oxidation sites excluding steroid dienone is 3. The summed E-state index contributed by atoms with van der Waals surface area (Å²) in [6.07, 6.45) is 4.76. The fourth-order valence-electron chi connectivity index (χ4n) is 3.77. The summed E-state index contributed by atoms with van der Waals surface area (Å²) < 4.78 is 27.9. The number of aryl methyl sites for hydroxylation is 1. The molecule has 2 aromatic rings. The molecule has 0 fully saturated rings. The largest absolute Gasteiger partial charge is 0.207 e. The van der Waals surface area contributed by atoms with Crippen molar-refractivity contribution in [2.45, 2.75) is 47.0 Å². The summed E-state index contributed by atoms with van der Waals surface area (Å²) in [5, 5.41) is 0. The summed E-state index contributed by atoms with van der Waals surface area (Å²) in [5.74, 6) is -0.336. The van der Waals surface area contributed by atoms with Crippen molar-refractivity contribution in [1.82, 2.24) is 0 Å². The van der Waals surface area contributed by atoms with E-state index in [1.54, 1.807) is 12.1 Å². The first-order valence-corrected chi connectivity index (χ1v) is 8.85. The normalized spacial score (nSPS) is 15.2. The molecule has 1 aliphatic rings. The van der Waals surface area contributed by atoms with Crippen LogP contribution in [0.5, 0.6) is 0 Å². The van der Waals surface area contributed by atoms with Gasteiger partial charge in [0.05, 0.1) is 0 Å². The van der Waals surface area contributed by atoms with Crippen LogP contribution in [0, 0.1) is 18.6 Å². The molecule has 0 aromatic heterocycles. The molecule has 0 unspecified atom stereocenters. The summed E-state index contributed by atoms with van der Waals surface area (Å²) in [6, 6.07) is 8.39. The topological polar surface area (TPSA) is 0 Å². The Morgan fingerprint density at radius 2 is 1.64 bits per heavy atom. The van der Waals surface area contributed by atoms with E-state index < -0.39 is 0 Å². The van der Waals surface area contributed by atoms with Crippen molar-refractivity contribution >= 4 is 5.57 Å². The van der Waals surface area contributed by atoms with Crippen molar-refractivity contribution in [1.29, 1.82) is 0 Å². The molecule has 0 saturated carbocycles. The molecule has 2 aromatic carbocycles. The van der Waals surface area contributed by atoms with Gasteiger partial charge in [-0.1, -0.05) is 23.8 Å². The standard InChI is InChI=1S/C23H24F2/c1-5-14(2)16(4)23(18-10-9-17(24)13-15(18)3)21-11-12-22(25)20-8-6-7-19(20)21/h5,9-13H,6-8H2,1-4H3/b14-5?,23-16-. The van der Waals surface area contributed by atoms with E-state index in [2.05, 4.69) is 19.9 Å². The van der Waals surface area contributed by atoms with Crippen LogP contribution in [-0.2, 0) is 12.8 Å². The molecule has 130 valence electrons. The molecule has 0 radical (unpaired) electrons. The predicted molar refractivity (Wildman–Crippen MR) is 101 cm³/mol. The van der Waals surface area contributed by atoms with Crippen LogP contribution >= 0.6 is 0 Å². The predicted octanol–water partition coefficient (Wildman–Crippen LogP) is 6.55. The maximum Gasteiger partial charge on any atom is 0.126 e. The highest BCUT2D eigenvalue weighted by Crippen LogP contribution is 2.38. The second kappa shape index (κ2) is 6.95. The van der Waals surface area contributed by atoms with Crippen LogP contribution in [0.25, 0.3) is 5.57 Å².